The van der Waals surface area contributed by atoms with Gasteiger partial charge < -0.3 is 25.3 Å². The van der Waals surface area contributed by atoms with Gasteiger partial charge in [-0.3, -0.25) is 4.79 Å². The summed E-state index contributed by atoms with van der Waals surface area (Å²) in [7, 11) is 3.46. The number of nitrogens with one attached hydrogen (secondary N) is 1. The molecule has 1 aromatic carbocycles. The van der Waals surface area contributed by atoms with Crippen LogP contribution in [0, 0.1) is 11.8 Å². The number of methoxy groups -OCH3 is 1. The number of amides is 1. The van der Waals surface area contributed by atoms with Crippen molar-refractivity contribution in [2.24, 2.45) is 5.73 Å². The molecule has 2 aliphatic heterocycles. The Morgan fingerprint density at radius 1 is 1.39 bits per heavy atom. The molecule has 5 rings (SSSR count). The molecular formula is C26H30ClN7O2. The minimum Gasteiger partial charge on any atom is -0.383 e. The number of hydrogen-bond acceptors (Lipinski definition) is 6. The number of ether oxygens (including phenoxy) is 1. The Labute approximate surface area is 215 Å². The second-order valence-corrected chi connectivity index (χ2v) is 9.57. The summed E-state index contributed by atoms with van der Waals surface area (Å²) in [6.45, 7) is 4.28. The van der Waals surface area contributed by atoms with Gasteiger partial charge in [-0.25, -0.2) is 9.67 Å². The highest BCUT2D eigenvalue weighted by atomic mass is 35.5. The number of primary amides is 1. The highest BCUT2D eigenvalue weighted by Gasteiger charge is 2.34. The number of imidazole rings is 1. The number of anilines is 1. The molecule has 10 heteroatoms. The van der Waals surface area contributed by atoms with E-state index < -0.39 is 5.91 Å². The quantitative estimate of drug-likeness (QED) is 0.497. The van der Waals surface area contributed by atoms with Crippen molar-refractivity contribution < 1.29 is 9.53 Å². The van der Waals surface area contributed by atoms with Crippen molar-refractivity contribution in [3.05, 3.63) is 52.1 Å². The second kappa shape index (κ2) is 9.88. The van der Waals surface area contributed by atoms with Gasteiger partial charge in [0.1, 0.15) is 17.2 Å². The van der Waals surface area contributed by atoms with Crippen molar-refractivity contribution in [1.29, 1.82) is 0 Å². The lowest BCUT2D eigenvalue weighted by atomic mass is 10.1. The van der Waals surface area contributed by atoms with Gasteiger partial charge in [0.05, 0.1) is 34.7 Å². The van der Waals surface area contributed by atoms with Gasteiger partial charge >= 0.3 is 0 Å². The average Bonchev–Trinajstić information content (AvgIpc) is 3.61. The van der Waals surface area contributed by atoms with Crippen molar-refractivity contribution in [2.75, 3.05) is 32.6 Å². The number of halogens is 1. The number of aryl methyl sites for hydroxylation is 2. The molecule has 2 aromatic heterocycles. The molecule has 188 valence electrons. The first kappa shape index (κ1) is 24.2. The zero-order valence-corrected chi connectivity index (χ0v) is 21.5. The van der Waals surface area contributed by atoms with E-state index >= 15 is 0 Å². The normalized spacial score (nSPS) is 19.2. The number of aromatic nitrogens is 4. The molecule has 0 spiro atoms. The number of nitrogens with zero attached hydrogens (tertiary/aromatic N) is 5. The van der Waals surface area contributed by atoms with Crippen LogP contribution in [0.25, 0.3) is 11.0 Å². The van der Waals surface area contributed by atoms with Gasteiger partial charge in [0.2, 0.25) is 0 Å². The smallest absolute Gasteiger partial charge is 0.255 e. The predicted molar refractivity (Wildman–Crippen MR) is 140 cm³/mol. The zero-order chi connectivity index (χ0) is 25.4. The van der Waals surface area contributed by atoms with Crippen LogP contribution in [0.3, 0.4) is 0 Å². The predicted octanol–water partition coefficient (Wildman–Crippen LogP) is 3.17. The number of rotatable bonds is 6. The number of allylic oxidation sites excluding steroid dienone is 1. The third-order valence-corrected chi connectivity index (χ3v) is 7.20. The Balaban J connectivity index is 1.52. The van der Waals surface area contributed by atoms with Crippen LogP contribution >= 0.6 is 11.6 Å². The number of hydrogen-bond donors (Lipinski definition) is 2. The van der Waals surface area contributed by atoms with Crippen molar-refractivity contribution >= 4 is 34.4 Å². The van der Waals surface area contributed by atoms with E-state index in [0.29, 0.717) is 28.7 Å². The largest absolute Gasteiger partial charge is 0.383 e. The monoisotopic (exact) mass is 507 g/mol. The molecule has 3 N–H and O–H groups in total. The first-order valence-corrected chi connectivity index (χ1v) is 12.5. The Morgan fingerprint density at radius 3 is 2.94 bits per heavy atom. The van der Waals surface area contributed by atoms with Crippen molar-refractivity contribution in [3.63, 3.8) is 0 Å². The summed E-state index contributed by atoms with van der Waals surface area (Å²) in [5, 5.41) is 8.40. The van der Waals surface area contributed by atoms with Gasteiger partial charge in [-0.1, -0.05) is 23.6 Å². The van der Waals surface area contributed by atoms with Gasteiger partial charge in [-0.15, -0.1) is 0 Å². The molecule has 1 saturated heterocycles. The van der Waals surface area contributed by atoms with Gasteiger partial charge in [0.15, 0.2) is 5.69 Å². The van der Waals surface area contributed by atoms with E-state index in [2.05, 4.69) is 32.8 Å². The maximum Gasteiger partial charge on any atom is 0.255 e. The summed E-state index contributed by atoms with van der Waals surface area (Å²) in [6.07, 6.45) is 6.95. The lowest BCUT2D eigenvalue weighted by Gasteiger charge is -2.21. The number of carbonyl (C=O) groups excluding carboxylic acids is 1. The molecule has 36 heavy (non-hydrogen) atoms. The fourth-order valence-electron chi connectivity index (χ4n) is 5.34. The summed E-state index contributed by atoms with van der Waals surface area (Å²) in [6, 6.07) is 4.04. The second-order valence-electron chi connectivity index (χ2n) is 9.16. The van der Waals surface area contributed by atoms with E-state index in [0.717, 1.165) is 49.2 Å². The van der Waals surface area contributed by atoms with Crippen LogP contribution < -0.4 is 11.1 Å². The molecule has 3 aromatic rings. The van der Waals surface area contributed by atoms with E-state index in [4.69, 9.17) is 32.2 Å². The molecule has 9 nitrogen and oxygen atoms in total. The van der Waals surface area contributed by atoms with E-state index in [1.807, 2.05) is 29.8 Å². The molecule has 0 aliphatic carbocycles. The Hall–Kier alpha value is -3.48. The zero-order valence-electron chi connectivity index (χ0n) is 20.7. The summed E-state index contributed by atoms with van der Waals surface area (Å²) in [4.78, 5) is 19.5. The molecule has 0 radical (unpaired) electrons. The molecule has 0 bridgehead atoms. The first-order valence-electron chi connectivity index (χ1n) is 12.1. The number of benzene rings is 1. The molecule has 4 heterocycles. The summed E-state index contributed by atoms with van der Waals surface area (Å²) < 4.78 is 9.47. The number of likely N-dealkylation sites (tertiary alicyclic amines) is 1. The van der Waals surface area contributed by atoms with Crippen LogP contribution in [0.15, 0.2) is 24.4 Å². The van der Waals surface area contributed by atoms with Crippen molar-refractivity contribution in [1.82, 2.24) is 24.2 Å². The minimum atomic E-state index is -0.585. The summed E-state index contributed by atoms with van der Waals surface area (Å²) >= 11 is 6.59. The SMILES string of the molecule is CC=CN1C[C@@H](n2nc(C#Cc3cc4nc5n(c4cc3Cl)CCC5)c(C(N)=O)c2NC)C[C@@H]1COC. The highest BCUT2D eigenvalue weighted by molar-refractivity contribution is 6.32. The standard InChI is InChI=1S/C26H30ClN7O2/c1-4-9-32-14-17(12-18(32)15-36-3)34-26(29-2)24(25(28)35)20(31-34)8-7-16-11-21-22(13-19(16)27)33-10-5-6-23(33)30-21/h4,9,11,13,17-18,29H,5-6,10,12,14-15H2,1-3H3,(H2,28,35)/t17-,18+/m0/s1. The van der Waals surface area contributed by atoms with Gasteiger partial charge in [-0.2, -0.15) is 5.10 Å². The minimum absolute atomic E-state index is 0.0188. The lowest BCUT2D eigenvalue weighted by Crippen LogP contribution is -2.28. The number of nitrogens with two attached hydrogens (primary N) is 1. The Kier molecular flexibility index (Phi) is 6.65. The molecule has 1 fully saturated rings. The van der Waals surface area contributed by atoms with Crippen LogP contribution in [0.5, 0.6) is 0 Å². The number of carbonyl (C=O) groups is 1. The van der Waals surface area contributed by atoms with Gasteiger partial charge in [0.25, 0.3) is 5.91 Å². The van der Waals surface area contributed by atoms with E-state index in [1.54, 1.807) is 14.2 Å². The third kappa shape index (κ3) is 4.21. The summed E-state index contributed by atoms with van der Waals surface area (Å²) in [5.41, 5.74) is 8.91. The number of fused-ring (bicyclic) bond motifs is 3. The topological polar surface area (TPSA) is 103 Å². The van der Waals surface area contributed by atoms with Crippen molar-refractivity contribution in [3.8, 4) is 11.8 Å². The Bertz CT molecular complexity index is 1410. The summed E-state index contributed by atoms with van der Waals surface area (Å²) in [5.74, 6) is 7.23. The molecular weight excluding hydrogens is 478 g/mol. The van der Waals surface area contributed by atoms with Crippen molar-refractivity contribution in [2.45, 2.75) is 44.8 Å². The third-order valence-electron chi connectivity index (χ3n) is 6.89. The molecule has 2 aliphatic rings. The Morgan fingerprint density at radius 2 is 2.22 bits per heavy atom. The fourth-order valence-corrected chi connectivity index (χ4v) is 5.54. The maximum atomic E-state index is 12.5. The molecule has 2 atom stereocenters. The highest BCUT2D eigenvalue weighted by Crippen LogP contribution is 2.33. The van der Waals surface area contributed by atoms with E-state index in [-0.39, 0.29) is 17.6 Å². The maximum absolute atomic E-state index is 12.5. The van der Waals surface area contributed by atoms with Gasteiger partial charge in [0, 0.05) is 39.2 Å². The fraction of sp³-hybridized carbons (Fsp3) is 0.423. The molecule has 1 amide bonds. The van der Waals surface area contributed by atoms with Crippen LogP contribution in [-0.2, 0) is 17.7 Å². The van der Waals surface area contributed by atoms with Crippen LogP contribution in [0.1, 0.15) is 53.2 Å². The van der Waals surface area contributed by atoms with Gasteiger partial charge in [-0.05, 0) is 44.0 Å². The molecule has 0 saturated carbocycles. The van der Waals surface area contributed by atoms with E-state index in [9.17, 15) is 4.79 Å². The van der Waals surface area contributed by atoms with Crippen LogP contribution in [0.4, 0.5) is 5.82 Å². The average molecular weight is 508 g/mol. The van der Waals surface area contributed by atoms with E-state index in [1.165, 1.54) is 0 Å². The van der Waals surface area contributed by atoms with Crippen LogP contribution in [-0.4, -0.2) is 63.5 Å². The lowest BCUT2D eigenvalue weighted by molar-refractivity contribution is 0.100. The first-order chi connectivity index (χ1) is 17.4. The molecule has 0 unspecified atom stereocenters. The van der Waals surface area contributed by atoms with Crippen LogP contribution in [0.2, 0.25) is 5.02 Å².